The topological polar surface area (TPSA) is 35.5 Å². The van der Waals surface area contributed by atoms with Crippen LogP contribution in [0, 0.1) is 11.2 Å². The highest BCUT2D eigenvalue weighted by Gasteiger charge is 2.22. The number of benzene rings is 3. The summed E-state index contributed by atoms with van der Waals surface area (Å²) < 4.78 is 52.3. The molecule has 0 heterocycles. The van der Waals surface area contributed by atoms with Gasteiger partial charge < -0.3 is 9.47 Å². The van der Waals surface area contributed by atoms with Crippen molar-refractivity contribution in [2.75, 3.05) is 7.11 Å². The smallest absolute Gasteiger partial charge is 0.305 e. The molecule has 0 saturated carbocycles. The highest BCUT2D eigenvalue weighted by molar-refractivity contribution is 5.70. The van der Waals surface area contributed by atoms with E-state index in [0.717, 1.165) is 41.7 Å². The summed E-state index contributed by atoms with van der Waals surface area (Å²) in [5, 5.41) is 0. The van der Waals surface area contributed by atoms with Gasteiger partial charge in [0.25, 0.3) is 6.43 Å². The van der Waals surface area contributed by atoms with Gasteiger partial charge in [-0.15, -0.1) is 0 Å². The van der Waals surface area contributed by atoms with Crippen LogP contribution in [-0.2, 0) is 29.0 Å². The first-order valence-corrected chi connectivity index (χ1v) is 12.6. The van der Waals surface area contributed by atoms with Gasteiger partial charge in [0.05, 0.1) is 7.11 Å². The van der Waals surface area contributed by atoms with Crippen LogP contribution in [0.5, 0.6) is 5.75 Å². The van der Waals surface area contributed by atoms with E-state index in [-0.39, 0.29) is 22.5 Å². The number of ether oxygens (including phenoxy) is 2. The fraction of sp³-hybridized carbons (Fsp3) is 0.387. The Labute approximate surface area is 217 Å². The number of halogens is 3. The lowest BCUT2D eigenvalue weighted by atomic mass is 9.79. The molecule has 0 N–H and O–H groups in total. The van der Waals surface area contributed by atoms with Crippen LogP contribution in [0.3, 0.4) is 0 Å². The molecule has 0 aliphatic carbocycles. The Kier molecular flexibility index (Phi) is 9.79. The highest BCUT2D eigenvalue weighted by Crippen LogP contribution is 2.36. The van der Waals surface area contributed by atoms with Crippen LogP contribution >= 0.6 is 0 Å². The van der Waals surface area contributed by atoms with E-state index in [1.54, 1.807) is 6.07 Å². The van der Waals surface area contributed by atoms with E-state index in [2.05, 4.69) is 20.8 Å². The van der Waals surface area contributed by atoms with Crippen molar-refractivity contribution in [1.82, 2.24) is 0 Å². The third-order valence-electron chi connectivity index (χ3n) is 6.45. The molecule has 3 nitrogen and oxygen atoms in total. The van der Waals surface area contributed by atoms with Crippen LogP contribution in [-0.4, -0.2) is 13.1 Å². The van der Waals surface area contributed by atoms with Crippen LogP contribution in [0.1, 0.15) is 68.7 Å². The first kappa shape index (κ1) is 28.3. The number of alkyl halides is 2. The summed E-state index contributed by atoms with van der Waals surface area (Å²) in [5.74, 6) is -0.109. The number of hydrogen-bond acceptors (Lipinski definition) is 3. The van der Waals surface area contributed by atoms with E-state index >= 15 is 0 Å². The molecule has 0 atom stereocenters. The largest absolute Gasteiger partial charge is 0.489 e. The van der Waals surface area contributed by atoms with Crippen molar-refractivity contribution in [3.05, 3.63) is 88.7 Å². The normalized spacial score (nSPS) is 11.6. The maximum atomic E-state index is 14.8. The molecule has 0 aliphatic rings. The number of carbonyl (C=O) groups is 1. The zero-order valence-corrected chi connectivity index (χ0v) is 22.0. The van der Waals surface area contributed by atoms with Gasteiger partial charge in [-0.3, -0.25) is 4.79 Å². The number of hydrogen-bond donors (Lipinski definition) is 0. The van der Waals surface area contributed by atoms with Crippen molar-refractivity contribution >= 4 is 5.97 Å². The molecule has 37 heavy (non-hydrogen) atoms. The lowest BCUT2D eigenvalue weighted by molar-refractivity contribution is -0.140. The Balaban J connectivity index is 1.88. The Morgan fingerprint density at radius 1 is 0.973 bits per heavy atom. The highest BCUT2D eigenvalue weighted by atomic mass is 19.3. The molecule has 198 valence electrons. The van der Waals surface area contributed by atoms with Gasteiger partial charge in [-0.2, -0.15) is 0 Å². The number of methoxy groups -OCH3 is 1. The minimum Gasteiger partial charge on any atom is -0.489 e. The van der Waals surface area contributed by atoms with Crippen molar-refractivity contribution in [1.29, 1.82) is 0 Å². The molecule has 0 saturated heterocycles. The van der Waals surface area contributed by atoms with E-state index in [0.29, 0.717) is 37.2 Å². The standard InChI is InChI=1S/C31H35F3O3/c1-5-15-31(2,3)19-24-16-22(9-12-26(24)27-18-23(30(33)34)11-13-28(27)32)20-37-25-8-6-7-21(17-25)10-14-29(35)36-4/h6-9,11-13,16-18,30H,5,10,14-15,19-20H2,1-4H3. The summed E-state index contributed by atoms with van der Waals surface area (Å²) >= 11 is 0. The fourth-order valence-corrected chi connectivity index (χ4v) is 4.62. The second kappa shape index (κ2) is 12.8. The van der Waals surface area contributed by atoms with E-state index < -0.39 is 12.2 Å². The lowest BCUT2D eigenvalue weighted by Crippen LogP contribution is -2.15. The first-order chi connectivity index (χ1) is 17.6. The Hall–Kier alpha value is -3.28. The number of esters is 1. The van der Waals surface area contributed by atoms with E-state index in [1.807, 2.05) is 36.4 Å². The van der Waals surface area contributed by atoms with Crippen LogP contribution in [0.4, 0.5) is 13.2 Å². The average molecular weight is 513 g/mol. The zero-order chi connectivity index (χ0) is 27.0. The van der Waals surface area contributed by atoms with Gasteiger partial charge in [-0.05, 0) is 71.2 Å². The maximum Gasteiger partial charge on any atom is 0.305 e. The number of rotatable bonds is 12. The molecule has 0 amide bonds. The maximum absolute atomic E-state index is 14.8. The zero-order valence-electron chi connectivity index (χ0n) is 22.0. The molecular weight excluding hydrogens is 477 g/mol. The minimum atomic E-state index is -2.67. The monoisotopic (exact) mass is 512 g/mol. The van der Waals surface area contributed by atoms with Gasteiger partial charge >= 0.3 is 5.97 Å². The molecule has 0 radical (unpaired) electrons. The van der Waals surface area contributed by atoms with E-state index in [1.165, 1.54) is 13.2 Å². The van der Waals surface area contributed by atoms with Gasteiger partial charge in [0, 0.05) is 17.5 Å². The summed E-state index contributed by atoms with van der Waals surface area (Å²) in [7, 11) is 1.37. The SMILES string of the molecule is CCCC(C)(C)Cc1cc(COc2cccc(CCC(=O)OC)c2)ccc1-c1cc(C(F)F)ccc1F. The van der Waals surface area contributed by atoms with Gasteiger partial charge in [0.15, 0.2) is 0 Å². The fourth-order valence-electron chi connectivity index (χ4n) is 4.62. The first-order valence-electron chi connectivity index (χ1n) is 12.6. The molecule has 0 aromatic heterocycles. The third kappa shape index (κ3) is 8.11. The number of carbonyl (C=O) groups excluding carboxylic acids is 1. The van der Waals surface area contributed by atoms with E-state index in [4.69, 9.17) is 9.47 Å². The predicted octanol–water partition coefficient (Wildman–Crippen LogP) is 8.48. The van der Waals surface area contributed by atoms with Crippen molar-refractivity contribution < 1.29 is 27.4 Å². The second-order valence-electron chi connectivity index (χ2n) is 10.1. The van der Waals surface area contributed by atoms with Crippen molar-refractivity contribution in [3.63, 3.8) is 0 Å². The molecule has 3 rings (SSSR count). The van der Waals surface area contributed by atoms with E-state index in [9.17, 15) is 18.0 Å². The van der Waals surface area contributed by atoms with Crippen molar-refractivity contribution in [3.8, 4) is 16.9 Å². The Bertz CT molecular complexity index is 1200. The third-order valence-corrected chi connectivity index (χ3v) is 6.45. The quantitative estimate of drug-likeness (QED) is 0.228. The molecule has 0 fully saturated rings. The molecule has 0 aliphatic heterocycles. The van der Waals surface area contributed by atoms with Crippen LogP contribution in [0.15, 0.2) is 60.7 Å². The molecule has 0 bridgehead atoms. The summed E-state index contributed by atoms with van der Waals surface area (Å²) in [6, 6.07) is 16.7. The second-order valence-corrected chi connectivity index (χ2v) is 10.1. The van der Waals surface area contributed by atoms with Crippen molar-refractivity contribution in [2.45, 2.75) is 65.9 Å². The minimum absolute atomic E-state index is 0.0479. The molecule has 3 aromatic rings. The van der Waals surface area contributed by atoms with Crippen LogP contribution < -0.4 is 4.74 Å². The van der Waals surface area contributed by atoms with Gasteiger partial charge in [0.2, 0.25) is 0 Å². The molecule has 3 aromatic carbocycles. The van der Waals surface area contributed by atoms with Crippen LogP contribution in [0.25, 0.3) is 11.1 Å². The van der Waals surface area contributed by atoms with Crippen LogP contribution in [0.2, 0.25) is 0 Å². The molecular formula is C31H35F3O3. The molecule has 6 heteroatoms. The van der Waals surface area contributed by atoms with Crippen molar-refractivity contribution in [2.24, 2.45) is 5.41 Å². The Morgan fingerprint density at radius 2 is 1.76 bits per heavy atom. The van der Waals surface area contributed by atoms with Gasteiger partial charge in [-0.25, -0.2) is 13.2 Å². The number of aryl methyl sites for hydroxylation is 1. The average Bonchev–Trinajstić information content (AvgIpc) is 2.86. The Morgan fingerprint density at radius 3 is 2.46 bits per heavy atom. The predicted molar refractivity (Wildman–Crippen MR) is 140 cm³/mol. The van der Waals surface area contributed by atoms with Gasteiger partial charge in [-0.1, -0.05) is 63.6 Å². The molecule has 0 spiro atoms. The lowest BCUT2D eigenvalue weighted by Gasteiger charge is -2.26. The summed E-state index contributed by atoms with van der Waals surface area (Å²) in [6.07, 6.45) is 0.832. The summed E-state index contributed by atoms with van der Waals surface area (Å²) in [6.45, 7) is 6.74. The summed E-state index contributed by atoms with van der Waals surface area (Å²) in [4.78, 5) is 11.4. The summed E-state index contributed by atoms with van der Waals surface area (Å²) in [5.41, 5.74) is 3.33. The molecule has 0 unspecified atom stereocenters. The van der Waals surface area contributed by atoms with Gasteiger partial charge in [0.1, 0.15) is 18.2 Å².